The van der Waals surface area contributed by atoms with Gasteiger partial charge in [-0.25, -0.2) is 10.2 Å². The van der Waals surface area contributed by atoms with Crippen LogP contribution in [0.5, 0.6) is 0 Å². The summed E-state index contributed by atoms with van der Waals surface area (Å²) >= 11 is 0. The number of nitrogens with two attached hydrogens (primary N) is 1. The highest BCUT2D eigenvalue weighted by molar-refractivity contribution is 5.26. The highest BCUT2D eigenvalue weighted by atomic mass is 16.1. The van der Waals surface area contributed by atoms with Crippen molar-refractivity contribution in [1.29, 1.82) is 10.7 Å². The van der Waals surface area contributed by atoms with Crippen molar-refractivity contribution in [3.63, 3.8) is 0 Å². The lowest BCUT2D eigenvalue weighted by atomic mass is 11.5. The molecule has 3 N–H and O–H groups in total. The lowest BCUT2D eigenvalue weighted by Gasteiger charge is -1.24. The van der Waals surface area contributed by atoms with Gasteiger partial charge in [0.2, 0.25) is 6.08 Å². The molecule has 0 aliphatic rings. The molecule has 0 amide bonds. The number of rotatable bonds is 0. The Morgan fingerprint density at radius 1 is 1.83 bits per heavy atom. The predicted molar refractivity (Wildman–Crippen MR) is 18.2 cm³/mol. The van der Waals surface area contributed by atoms with E-state index in [1.807, 2.05) is 0 Å². The molecule has 0 aliphatic carbocycles. The Hall–Kier alpha value is -1.33. The summed E-state index contributed by atoms with van der Waals surface area (Å²) in [7, 11) is 0. The first-order valence-corrected chi connectivity index (χ1v) is 0.966. The molecule has 0 saturated heterocycles. The minimum absolute atomic E-state index is 0.750. The average Bonchev–Trinajstić information content (AvgIpc) is 1.39. The van der Waals surface area contributed by atoms with E-state index in [-0.39, 0.29) is 0 Å². The molecule has 0 aromatic heterocycles. The lowest BCUT2D eigenvalue weighted by Crippen LogP contribution is -1.69. The van der Waals surface area contributed by atoms with Crippen molar-refractivity contribution in [2.45, 2.75) is 0 Å². The normalized spacial score (nSPS) is 2.50. The Balaban J connectivity index is 0. The zero-order valence-electron chi connectivity index (χ0n) is 2.93. The number of nitrogens with zero attached hydrogens (tertiary/aromatic N) is 1. The highest BCUT2D eigenvalue weighted by Crippen LogP contribution is 0.900. The summed E-state index contributed by atoms with van der Waals surface area (Å²) in [5.74, 6) is 0. The van der Waals surface area contributed by atoms with Crippen molar-refractivity contribution in [2.24, 2.45) is 5.73 Å². The van der Waals surface area contributed by atoms with Crippen LogP contribution in [0.25, 0.3) is 0 Å². The molecule has 6 heavy (non-hydrogen) atoms. The van der Waals surface area contributed by atoms with E-state index in [0.717, 1.165) is 6.08 Å². The zero-order valence-corrected chi connectivity index (χ0v) is 2.93. The zero-order chi connectivity index (χ0) is 5.41. The predicted octanol–water partition coefficient (Wildman–Crippen LogP) is -0.673. The smallest absolute Gasteiger partial charge is 0.231 e. The number of nitriles is 1. The molecule has 0 spiro atoms. The van der Waals surface area contributed by atoms with Crippen molar-refractivity contribution in [2.75, 3.05) is 0 Å². The molecule has 32 valence electrons. The Morgan fingerprint density at radius 2 is 1.83 bits per heavy atom. The standard InChI is InChI=1S/CH2N2.CHNO/c2*2-1-3/h2H2;2H. The number of hydrogen-bond acceptors (Lipinski definition) is 4. The molecule has 0 atom stereocenters. The third-order valence-electron chi connectivity index (χ3n) is 0. The molecule has 0 aliphatic heterocycles. The number of nitrogens with one attached hydrogen (secondary N) is 1. The van der Waals surface area contributed by atoms with E-state index < -0.39 is 0 Å². The first-order valence-electron chi connectivity index (χ1n) is 0.966. The van der Waals surface area contributed by atoms with Crippen LogP contribution >= 0.6 is 0 Å². The highest BCUT2D eigenvalue weighted by Gasteiger charge is 1.12. The minimum Gasteiger partial charge on any atom is -0.337 e. The van der Waals surface area contributed by atoms with Crippen molar-refractivity contribution in [1.82, 2.24) is 0 Å². The molecule has 0 rings (SSSR count). The van der Waals surface area contributed by atoms with Gasteiger partial charge in [0.25, 0.3) is 0 Å². The second kappa shape index (κ2) is 58.3. The van der Waals surface area contributed by atoms with E-state index in [1.165, 1.54) is 6.19 Å². The van der Waals surface area contributed by atoms with Gasteiger partial charge in [-0.2, -0.15) is 5.26 Å². The van der Waals surface area contributed by atoms with Gasteiger partial charge in [0, 0.05) is 0 Å². The largest absolute Gasteiger partial charge is 0.337 e. The Bertz CT molecular complexity index is 75.3. The number of hydrogen-bond donors (Lipinski definition) is 2. The lowest BCUT2D eigenvalue weighted by molar-refractivity contribution is 0.563. The number of carbonyl (C=O) groups excluding carboxylic acids is 1. The molecule has 0 unspecified atom stereocenters. The molecule has 0 radical (unpaired) electrons. The van der Waals surface area contributed by atoms with Crippen LogP contribution in [-0.4, -0.2) is 6.08 Å². The summed E-state index contributed by atoms with van der Waals surface area (Å²) in [4.78, 5) is 8.35. The molecule has 4 heteroatoms. The fourth-order valence-corrected chi connectivity index (χ4v) is 0. The van der Waals surface area contributed by atoms with Crippen LogP contribution in [-0.2, 0) is 4.79 Å². The molecule has 0 saturated carbocycles. The van der Waals surface area contributed by atoms with E-state index in [4.69, 9.17) is 15.5 Å². The maximum atomic E-state index is 8.35. The van der Waals surface area contributed by atoms with Crippen LogP contribution in [0.4, 0.5) is 0 Å². The topological polar surface area (TPSA) is 90.7 Å². The summed E-state index contributed by atoms with van der Waals surface area (Å²) in [6, 6.07) is 0. The van der Waals surface area contributed by atoms with E-state index in [1.54, 1.807) is 0 Å². The Morgan fingerprint density at radius 3 is 1.83 bits per heavy atom. The van der Waals surface area contributed by atoms with E-state index >= 15 is 0 Å². The van der Waals surface area contributed by atoms with Crippen LogP contribution < -0.4 is 5.73 Å². The van der Waals surface area contributed by atoms with Gasteiger partial charge in [-0.15, -0.1) is 0 Å². The summed E-state index contributed by atoms with van der Waals surface area (Å²) in [5.41, 5.74) is 4.15. The maximum absolute atomic E-state index is 8.35. The van der Waals surface area contributed by atoms with Crippen molar-refractivity contribution in [3.8, 4) is 6.19 Å². The van der Waals surface area contributed by atoms with Crippen molar-refractivity contribution >= 4 is 6.08 Å². The van der Waals surface area contributed by atoms with E-state index in [0.29, 0.717) is 0 Å². The van der Waals surface area contributed by atoms with Gasteiger partial charge in [0.1, 0.15) is 0 Å². The quantitative estimate of drug-likeness (QED) is 0.177. The molecule has 0 fully saturated rings. The van der Waals surface area contributed by atoms with Crippen molar-refractivity contribution in [3.05, 3.63) is 0 Å². The fourth-order valence-electron chi connectivity index (χ4n) is 0. The summed E-state index contributed by atoms with van der Waals surface area (Å²) in [6.45, 7) is 0. The van der Waals surface area contributed by atoms with Gasteiger partial charge in [0.05, 0.1) is 0 Å². The SMILES string of the molecule is N#CN.N=C=O. The van der Waals surface area contributed by atoms with E-state index in [2.05, 4.69) is 5.73 Å². The van der Waals surface area contributed by atoms with Crippen LogP contribution in [0.2, 0.25) is 0 Å². The summed E-state index contributed by atoms with van der Waals surface area (Å²) in [5, 5.41) is 12.5. The van der Waals surface area contributed by atoms with Crippen LogP contribution in [0.1, 0.15) is 0 Å². The first-order chi connectivity index (χ1) is 2.83. The van der Waals surface area contributed by atoms with Gasteiger partial charge >= 0.3 is 0 Å². The van der Waals surface area contributed by atoms with Crippen LogP contribution in [0.3, 0.4) is 0 Å². The second-order valence-electron chi connectivity index (χ2n) is 0.231. The third-order valence-corrected chi connectivity index (χ3v) is 0. The van der Waals surface area contributed by atoms with Gasteiger partial charge in [-0.1, -0.05) is 0 Å². The van der Waals surface area contributed by atoms with Gasteiger partial charge < -0.3 is 5.73 Å². The molecule has 0 aromatic carbocycles. The molecule has 4 nitrogen and oxygen atoms in total. The minimum atomic E-state index is 0.750. The monoisotopic (exact) mass is 85.0 g/mol. The van der Waals surface area contributed by atoms with Gasteiger partial charge in [0.15, 0.2) is 6.19 Å². The molecule has 0 heterocycles. The summed E-state index contributed by atoms with van der Waals surface area (Å²) in [6.07, 6.45) is 2.00. The van der Waals surface area contributed by atoms with Gasteiger partial charge in [-0.05, 0) is 0 Å². The van der Waals surface area contributed by atoms with Crippen molar-refractivity contribution < 1.29 is 4.79 Å². The second-order valence-corrected chi connectivity index (χ2v) is 0.231. The average molecular weight is 85.1 g/mol. The number of isocyanates is 1. The molecule has 0 bridgehead atoms. The third kappa shape index (κ3) is 4.21. The Kier molecular flexibility index (Phi) is 85.7. The van der Waals surface area contributed by atoms with Crippen LogP contribution in [0.15, 0.2) is 0 Å². The molecular formula is C2H3N3O. The van der Waals surface area contributed by atoms with E-state index in [9.17, 15) is 0 Å². The molecule has 0 aromatic rings. The maximum Gasteiger partial charge on any atom is 0.231 e. The first kappa shape index (κ1) is 8.82. The van der Waals surface area contributed by atoms with Gasteiger partial charge in [-0.3, -0.25) is 0 Å². The fraction of sp³-hybridized carbons (Fsp3) is 0. The van der Waals surface area contributed by atoms with Crippen LogP contribution in [0, 0.1) is 16.9 Å². The molecular weight excluding hydrogens is 82.0 g/mol. The summed E-state index contributed by atoms with van der Waals surface area (Å²) < 4.78 is 0. The Labute approximate surface area is 34.7 Å².